The molecule has 0 spiro atoms. The van der Waals surface area contributed by atoms with Gasteiger partial charge in [0.2, 0.25) is 15.9 Å². The second-order valence-corrected chi connectivity index (χ2v) is 7.75. The summed E-state index contributed by atoms with van der Waals surface area (Å²) in [5.74, 6) is -1.22. The van der Waals surface area contributed by atoms with Crippen LogP contribution in [0.2, 0.25) is 0 Å². The van der Waals surface area contributed by atoms with Gasteiger partial charge in [0.05, 0.1) is 10.6 Å². The molecular weight excluding hydrogens is 397 g/mol. The molecule has 6 nitrogen and oxygen atoms in total. The maximum Gasteiger partial charge on any atom is 0.573 e. The van der Waals surface area contributed by atoms with Crippen LogP contribution in [-0.2, 0) is 14.8 Å². The van der Waals surface area contributed by atoms with Crippen LogP contribution in [0.15, 0.2) is 47.4 Å². The normalized spacial score (nSPS) is 11.9. The molecule has 0 unspecified atom stereocenters. The topological polar surface area (TPSA) is 84.5 Å². The third kappa shape index (κ3) is 6.24. The number of nitrogens with one attached hydrogen (secondary N) is 2. The Balaban J connectivity index is 1.95. The van der Waals surface area contributed by atoms with Crippen LogP contribution in [0.25, 0.3) is 0 Å². The molecule has 0 radical (unpaired) electrons. The lowest BCUT2D eigenvalue weighted by atomic mass is 10.1. The summed E-state index contributed by atoms with van der Waals surface area (Å²) in [6, 6.07) is 9.71. The lowest BCUT2D eigenvalue weighted by molar-refractivity contribution is -0.274. The van der Waals surface area contributed by atoms with E-state index in [1.165, 1.54) is 30.3 Å². The van der Waals surface area contributed by atoms with Gasteiger partial charge in [-0.1, -0.05) is 18.2 Å². The molecule has 2 N–H and O–H groups in total. The highest BCUT2D eigenvalue weighted by atomic mass is 32.2. The zero-order valence-corrected chi connectivity index (χ0v) is 15.9. The van der Waals surface area contributed by atoms with E-state index in [1.807, 2.05) is 6.92 Å². The van der Waals surface area contributed by atoms with Gasteiger partial charge in [-0.15, -0.1) is 13.2 Å². The number of para-hydroxylation sites is 2. The molecule has 0 aromatic heterocycles. The maximum absolute atomic E-state index is 12.4. The number of rotatable bonds is 7. The lowest BCUT2D eigenvalue weighted by Gasteiger charge is -2.14. The molecule has 0 heterocycles. The fourth-order valence-electron chi connectivity index (χ4n) is 2.26. The second-order valence-electron chi connectivity index (χ2n) is 5.99. The zero-order valence-electron chi connectivity index (χ0n) is 15.1. The van der Waals surface area contributed by atoms with Crippen molar-refractivity contribution in [3.05, 3.63) is 53.6 Å². The number of amides is 1. The van der Waals surface area contributed by atoms with E-state index < -0.39 is 28.0 Å². The average Bonchev–Trinajstić information content (AvgIpc) is 2.57. The number of halogens is 3. The number of alkyl halides is 3. The number of anilines is 1. The SMILES string of the molecule is Cc1ccc(S(=O)(=O)NCCC(=O)Nc2ccccc2OC(F)(F)F)cc1C. The number of ether oxygens (including phenoxy) is 1. The molecule has 1 amide bonds. The highest BCUT2D eigenvalue weighted by Crippen LogP contribution is 2.29. The van der Waals surface area contributed by atoms with Gasteiger partial charge in [0, 0.05) is 13.0 Å². The van der Waals surface area contributed by atoms with Gasteiger partial charge in [0.15, 0.2) is 5.75 Å². The van der Waals surface area contributed by atoms with Crippen molar-refractivity contribution in [2.24, 2.45) is 0 Å². The number of benzene rings is 2. The third-order valence-corrected chi connectivity index (χ3v) is 5.28. The predicted molar refractivity (Wildman–Crippen MR) is 97.5 cm³/mol. The molecule has 2 aromatic rings. The summed E-state index contributed by atoms with van der Waals surface area (Å²) >= 11 is 0. The first-order valence-electron chi connectivity index (χ1n) is 8.19. The predicted octanol–water partition coefficient (Wildman–Crippen LogP) is 3.51. The first kappa shape index (κ1) is 21.7. The summed E-state index contributed by atoms with van der Waals surface area (Å²) in [5, 5.41) is 2.28. The van der Waals surface area contributed by atoms with Crippen molar-refractivity contribution in [2.75, 3.05) is 11.9 Å². The van der Waals surface area contributed by atoms with E-state index in [4.69, 9.17) is 0 Å². The number of hydrogen-bond donors (Lipinski definition) is 2. The van der Waals surface area contributed by atoms with Crippen molar-refractivity contribution >= 4 is 21.6 Å². The monoisotopic (exact) mass is 416 g/mol. The summed E-state index contributed by atoms with van der Waals surface area (Å²) in [7, 11) is -3.80. The Kier molecular flexibility index (Phi) is 6.68. The van der Waals surface area contributed by atoms with E-state index in [1.54, 1.807) is 13.0 Å². The Bertz CT molecular complexity index is 960. The molecule has 0 bridgehead atoms. The number of sulfonamides is 1. The van der Waals surface area contributed by atoms with Gasteiger partial charge in [-0.05, 0) is 49.2 Å². The molecule has 2 rings (SSSR count). The zero-order chi connectivity index (χ0) is 20.9. The first-order chi connectivity index (χ1) is 13.0. The highest BCUT2D eigenvalue weighted by molar-refractivity contribution is 7.89. The second kappa shape index (κ2) is 8.61. The fraction of sp³-hybridized carbons (Fsp3) is 0.278. The molecule has 2 aromatic carbocycles. The molecule has 152 valence electrons. The van der Waals surface area contributed by atoms with E-state index in [9.17, 15) is 26.4 Å². The largest absolute Gasteiger partial charge is 0.573 e. The van der Waals surface area contributed by atoms with Gasteiger partial charge in [-0.3, -0.25) is 4.79 Å². The van der Waals surface area contributed by atoms with Crippen molar-refractivity contribution < 1.29 is 31.1 Å². The summed E-state index contributed by atoms with van der Waals surface area (Å²) in [5.41, 5.74) is 1.59. The van der Waals surface area contributed by atoms with Gasteiger partial charge in [-0.2, -0.15) is 0 Å². The summed E-state index contributed by atoms with van der Waals surface area (Å²) in [6.45, 7) is 3.41. The van der Waals surface area contributed by atoms with Gasteiger partial charge in [0.25, 0.3) is 0 Å². The Morgan fingerprint density at radius 2 is 1.75 bits per heavy atom. The minimum Gasteiger partial charge on any atom is -0.404 e. The molecule has 10 heteroatoms. The van der Waals surface area contributed by atoms with E-state index in [-0.39, 0.29) is 23.5 Å². The summed E-state index contributed by atoms with van der Waals surface area (Å²) in [4.78, 5) is 12.0. The van der Waals surface area contributed by atoms with Crippen molar-refractivity contribution in [2.45, 2.75) is 31.5 Å². The molecule has 28 heavy (non-hydrogen) atoms. The minimum atomic E-state index is -4.90. The molecule has 0 atom stereocenters. The summed E-state index contributed by atoms with van der Waals surface area (Å²) in [6.07, 6.45) is -5.17. The lowest BCUT2D eigenvalue weighted by Crippen LogP contribution is -2.28. The number of carbonyl (C=O) groups is 1. The Morgan fingerprint density at radius 1 is 1.07 bits per heavy atom. The molecule has 0 saturated carbocycles. The van der Waals surface area contributed by atoms with Crippen LogP contribution < -0.4 is 14.8 Å². The van der Waals surface area contributed by atoms with Crippen LogP contribution in [0.4, 0.5) is 18.9 Å². The van der Waals surface area contributed by atoms with Gasteiger partial charge >= 0.3 is 6.36 Å². The van der Waals surface area contributed by atoms with E-state index in [0.29, 0.717) is 0 Å². The van der Waals surface area contributed by atoms with Crippen molar-refractivity contribution in [1.29, 1.82) is 0 Å². The highest BCUT2D eigenvalue weighted by Gasteiger charge is 2.32. The van der Waals surface area contributed by atoms with E-state index >= 15 is 0 Å². The molecule has 0 aliphatic rings. The Labute approximate surface area is 160 Å². The van der Waals surface area contributed by atoms with Crippen molar-refractivity contribution in [3.63, 3.8) is 0 Å². The van der Waals surface area contributed by atoms with Gasteiger partial charge in [0.1, 0.15) is 0 Å². The summed E-state index contributed by atoms with van der Waals surface area (Å²) < 4.78 is 67.8. The van der Waals surface area contributed by atoms with Crippen LogP contribution in [0.5, 0.6) is 5.75 Å². The Morgan fingerprint density at radius 3 is 2.39 bits per heavy atom. The van der Waals surface area contributed by atoms with Crippen LogP contribution in [0.3, 0.4) is 0 Å². The van der Waals surface area contributed by atoms with Crippen molar-refractivity contribution in [3.8, 4) is 5.75 Å². The van der Waals surface area contributed by atoms with Crippen molar-refractivity contribution in [1.82, 2.24) is 4.72 Å². The Hall–Kier alpha value is -2.59. The van der Waals surface area contributed by atoms with Gasteiger partial charge < -0.3 is 10.1 Å². The average molecular weight is 416 g/mol. The van der Waals surface area contributed by atoms with Crippen LogP contribution >= 0.6 is 0 Å². The standard InChI is InChI=1S/C18H19F3N2O4S/c1-12-7-8-14(11-13(12)2)28(25,26)22-10-9-17(24)23-15-5-3-4-6-16(15)27-18(19,20)21/h3-8,11,22H,9-10H2,1-2H3,(H,23,24). The molecular formula is C18H19F3N2O4S. The first-order valence-corrected chi connectivity index (χ1v) is 9.68. The molecule has 0 saturated heterocycles. The molecule has 0 fully saturated rings. The quantitative estimate of drug-likeness (QED) is 0.724. The third-order valence-electron chi connectivity index (χ3n) is 3.82. The van der Waals surface area contributed by atoms with Crippen LogP contribution in [-0.4, -0.2) is 27.2 Å². The number of hydrogen-bond acceptors (Lipinski definition) is 4. The number of aryl methyl sites for hydroxylation is 2. The van der Waals surface area contributed by atoms with E-state index in [0.717, 1.165) is 17.2 Å². The number of carbonyl (C=O) groups excluding carboxylic acids is 1. The smallest absolute Gasteiger partial charge is 0.404 e. The van der Waals surface area contributed by atoms with Crippen LogP contribution in [0, 0.1) is 13.8 Å². The van der Waals surface area contributed by atoms with Gasteiger partial charge in [-0.25, -0.2) is 13.1 Å². The molecule has 0 aliphatic carbocycles. The maximum atomic E-state index is 12.4. The fourth-order valence-corrected chi connectivity index (χ4v) is 3.38. The van der Waals surface area contributed by atoms with Crippen LogP contribution in [0.1, 0.15) is 17.5 Å². The van der Waals surface area contributed by atoms with E-state index in [2.05, 4.69) is 14.8 Å². The molecule has 0 aliphatic heterocycles. The minimum absolute atomic E-state index is 0.0694.